The topological polar surface area (TPSA) is 108 Å². The third kappa shape index (κ3) is 5.96. The van der Waals surface area contributed by atoms with Crippen molar-refractivity contribution in [3.63, 3.8) is 0 Å². The summed E-state index contributed by atoms with van der Waals surface area (Å²) in [5, 5.41) is 38.4. The van der Waals surface area contributed by atoms with Gasteiger partial charge in [0, 0.05) is 18.0 Å². The predicted octanol–water partition coefficient (Wildman–Crippen LogP) is 2.31. The van der Waals surface area contributed by atoms with Crippen molar-refractivity contribution >= 4 is 0 Å². The van der Waals surface area contributed by atoms with Gasteiger partial charge in [0.15, 0.2) is 0 Å². The highest BCUT2D eigenvalue weighted by molar-refractivity contribution is 5.65. The second-order valence-electron chi connectivity index (χ2n) is 7.88. The molecule has 3 atom stereocenters. The van der Waals surface area contributed by atoms with Crippen molar-refractivity contribution in [2.75, 3.05) is 19.8 Å². The summed E-state index contributed by atoms with van der Waals surface area (Å²) < 4.78 is 7.20. The summed E-state index contributed by atoms with van der Waals surface area (Å²) in [5.74, 6) is 7.17. The van der Waals surface area contributed by atoms with Crippen LogP contribution in [0.4, 0.5) is 0 Å². The first-order valence-corrected chi connectivity index (χ1v) is 10.3. The Bertz CT molecular complexity index is 1060. The number of hydrogen-bond acceptors (Lipinski definition) is 6. The van der Waals surface area contributed by atoms with E-state index in [9.17, 15) is 15.3 Å². The van der Waals surface area contributed by atoms with E-state index >= 15 is 0 Å². The van der Waals surface area contributed by atoms with E-state index in [0.717, 1.165) is 16.7 Å². The third-order valence-corrected chi connectivity index (χ3v) is 4.93. The van der Waals surface area contributed by atoms with Crippen LogP contribution in [0, 0.1) is 11.8 Å². The minimum atomic E-state index is -1.28. The maximum Gasteiger partial charge on any atom is 0.138 e. The molecule has 4 N–H and O–H groups in total. The predicted molar refractivity (Wildman–Crippen MR) is 121 cm³/mol. The van der Waals surface area contributed by atoms with Crippen molar-refractivity contribution in [1.29, 1.82) is 0 Å². The van der Waals surface area contributed by atoms with Gasteiger partial charge in [-0.1, -0.05) is 36.1 Å². The molecule has 3 aromatic rings. The molecule has 0 saturated heterocycles. The van der Waals surface area contributed by atoms with Gasteiger partial charge in [-0.25, -0.2) is 4.98 Å². The van der Waals surface area contributed by atoms with Crippen molar-refractivity contribution < 1.29 is 25.2 Å². The molecular formula is C25H28N2O5. The van der Waals surface area contributed by atoms with Crippen molar-refractivity contribution in [2.45, 2.75) is 31.6 Å². The quantitative estimate of drug-likeness (QED) is 0.404. The summed E-state index contributed by atoms with van der Waals surface area (Å²) in [6.07, 6.45) is 2.52. The largest absolute Gasteiger partial charge is 0.491 e. The Labute approximate surface area is 187 Å². The molecule has 0 aliphatic rings. The Morgan fingerprint density at radius 2 is 1.69 bits per heavy atom. The van der Waals surface area contributed by atoms with Crippen molar-refractivity contribution in [3.8, 4) is 28.7 Å². The Hall–Kier alpha value is -3.15. The van der Waals surface area contributed by atoms with E-state index < -0.39 is 17.7 Å². The fourth-order valence-corrected chi connectivity index (χ4v) is 3.06. The number of benzene rings is 2. The zero-order valence-corrected chi connectivity index (χ0v) is 18.1. The van der Waals surface area contributed by atoms with Gasteiger partial charge in [0.25, 0.3) is 0 Å². The molecule has 0 aliphatic heterocycles. The Morgan fingerprint density at radius 1 is 1.06 bits per heavy atom. The molecule has 0 amide bonds. The van der Waals surface area contributed by atoms with Gasteiger partial charge >= 0.3 is 0 Å². The van der Waals surface area contributed by atoms with E-state index in [-0.39, 0.29) is 19.8 Å². The van der Waals surface area contributed by atoms with Gasteiger partial charge in [-0.2, -0.15) is 0 Å². The van der Waals surface area contributed by atoms with Crippen LogP contribution in [0.1, 0.15) is 37.4 Å². The van der Waals surface area contributed by atoms with E-state index in [0.29, 0.717) is 11.6 Å². The maximum atomic E-state index is 9.81. The Kier molecular flexibility index (Phi) is 7.67. The molecule has 1 unspecified atom stereocenters. The third-order valence-electron chi connectivity index (χ3n) is 4.93. The molecular weight excluding hydrogens is 408 g/mol. The molecule has 2 aromatic carbocycles. The monoisotopic (exact) mass is 436 g/mol. The minimum absolute atomic E-state index is 0.00281. The van der Waals surface area contributed by atoms with E-state index in [1.54, 1.807) is 23.9 Å². The second kappa shape index (κ2) is 10.4. The van der Waals surface area contributed by atoms with Crippen LogP contribution in [0.3, 0.4) is 0 Å². The van der Waals surface area contributed by atoms with Crippen LogP contribution in [0.2, 0.25) is 0 Å². The highest BCUT2D eigenvalue weighted by Gasteiger charge is 2.19. The fraction of sp³-hybridized carbons (Fsp3) is 0.320. The Morgan fingerprint density at radius 3 is 2.25 bits per heavy atom. The lowest BCUT2D eigenvalue weighted by Gasteiger charge is -2.20. The van der Waals surface area contributed by atoms with Crippen molar-refractivity contribution in [2.24, 2.45) is 0 Å². The first-order chi connectivity index (χ1) is 15.3. The average Bonchev–Trinajstić information content (AvgIpc) is 3.29. The van der Waals surface area contributed by atoms with E-state index in [1.165, 1.54) is 6.92 Å². The van der Waals surface area contributed by atoms with Gasteiger partial charge in [-0.3, -0.25) is 0 Å². The van der Waals surface area contributed by atoms with Crippen LogP contribution < -0.4 is 4.74 Å². The SMILES string of the molecule is C[C@H](O)c1nccn1[C@@H](C#Cc1ccc(-c2ccc(OCC(C)(O)CO)cc2)cc1)CO. The standard InChI is InChI=1S/C25H28N2O5/c1-18(30)24-26-13-14-27(24)22(15-28)10-5-19-3-6-20(7-4-19)21-8-11-23(12-9-21)32-17-25(2,31)16-29/h3-4,6-9,11-14,18,22,28-31H,15-17H2,1-2H3/t18-,22-,25?/m0/s1. The number of imidazole rings is 1. The zero-order chi connectivity index (χ0) is 23.1. The van der Waals surface area contributed by atoms with E-state index in [4.69, 9.17) is 9.84 Å². The van der Waals surface area contributed by atoms with E-state index in [2.05, 4.69) is 16.8 Å². The molecule has 168 valence electrons. The smallest absolute Gasteiger partial charge is 0.138 e. The number of nitrogens with zero attached hydrogens (tertiary/aromatic N) is 2. The summed E-state index contributed by atoms with van der Waals surface area (Å²) >= 11 is 0. The summed E-state index contributed by atoms with van der Waals surface area (Å²) in [6.45, 7) is 2.57. The summed E-state index contributed by atoms with van der Waals surface area (Å²) in [7, 11) is 0. The first kappa shape index (κ1) is 23.5. The minimum Gasteiger partial charge on any atom is -0.491 e. The highest BCUT2D eigenvalue weighted by atomic mass is 16.5. The molecule has 0 aliphatic carbocycles. The van der Waals surface area contributed by atoms with Crippen LogP contribution in [0.25, 0.3) is 11.1 Å². The molecule has 3 rings (SSSR count). The van der Waals surface area contributed by atoms with Crippen LogP contribution in [-0.4, -0.2) is 55.4 Å². The van der Waals surface area contributed by atoms with Crippen molar-refractivity contribution in [3.05, 3.63) is 72.3 Å². The molecule has 0 spiro atoms. The number of hydrogen-bond donors (Lipinski definition) is 4. The summed E-state index contributed by atoms with van der Waals surface area (Å²) in [6, 6.07) is 14.7. The molecule has 7 heteroatoms. The normalized spacial score (nSPS) is 14.7. The molecule has 32 heavy (non-hydrogen) atoms. The van der Waals surface area contributed by atoms with Gasteiger partial charge in [-0.15, -0.1) is 0 Å². The van der Waals surface area contributed by atoms with Gasteiger partial charge in [0.1, 0.15) is 35.9 Å². The lowest BCUT2D eigenvalue weighted by atomic mass is 10.0. The number of rotatable bonds is 8. The molecule has 0 fully saturated rings. The number of aromatic nitrogens is 2. The number of ether oxygens (including phenoxy) is 1. The summed E-state index contributed by atoms with van der Waals surface area (Å²) in [5.41, 5.74) is 1.53. The highest BCUT2D eigenvalue weighted by Crippen LogP contribution is 2.23. The van der Waals surface area contributed by atoms with Crippen LogP contribution in [0.5, 0.6) is 5.75 Å². The Balaban J connectivity index is 1.68. The molecule has 0 bridgehead atoms. The first-order valence-electron chi connectivity index (χ1n) is 10.3. The fourth-order valence-electron chi connectivity index (χ4n) is 3.06. The summed E-state index contributed by atoms with van der Waals surface area (Å²) in [4.78, 5) is 4.12. The van der Waals surface area contributed by atoms with Gasteiger partial charge in [-0.05, 0) is 49.2 Å². The molecule has 1 aromatic heterocycles. The van der Waals surface area contributed by atoms with Gasteiger partial charge in [0.2, 0.25) is 0 Å². The molecule has 0 saturated carbocycles. The van der Waals surface area contributed by atoms with Gasteiger partial charge < -0.3 is 29.7 Å². The van der Waals surface area contributed by atoms with Crippen LogP contribution in [0.15, 0.2) is 60.9 Å². The zero-order valence-electron chi connectivity index (χ0n) is 18.1. The van der Waals surface area contributed by atoms with Gasteiger partial charge in [0.05, 0.1) is 13.2 Å². The number of aliphatic hydroxyl groups excluding tert-OH is 3. The van der Waals surface area contributed by atoms with Crippen LogP contribution >= 0.6 is 0 Å². The molecule has 7 nitrogen and oxygen atoms in total. The molecule has 1 heterocycles. The van der Waals surface area contributed by atoms with Crippen LogP contribution in [-0.2, 0) is 0 Å². The maximum absolute atomic E-state index is 9.81. The second-order valence-corrected chi connectivity index (χ2v) is 7.88. The average molecular weight is 437 g/mol. The number of aliphatic hydroxyl groups is 4. The lowest BCUT2D eigenvalue weighted by Crippen LogP contribution is -2.36. The van der Waals surface area contributed by atoms with E-state index in [1.807, 2.05) is 48.5 Å². The lowest BCUT2D eigenvalue weighted by molar-refractivity contribution is -0.0324. The molecule has 0 radical (unpaired) electrons. The van der Waals surface area contributed by atoms with Crippen molar-refractivity contribution in [1.82, 2.24) is 9.55 Å².